The van der Waals surface area contributed by atoms with Crippen LogP contribution in [0.25, 0.3) is 0 Å². The number of anilines is 2. The lowest BCUT2D eigenvalue weighted by atomic mass is 10.2. The summed E-state index contributed by atoms with van der Waals surface area (Å²) >= 11 is 0. The second kappa shape index (κ2) is 10.6. The molecule has 0 aromatic carbocycles. The minimum atomic E-state index is -0.293. The summed E-state index contributed by atoms with van der Waals surface area (Å²) in [7, 11) is 3.15. The number of piperazine rings is 1. The molecule has 0 aliphatic carbocycles. The average Bonchev–Trinajstić information content (AvgIpc) is 2.79. The number of aromatic nitrogens is 2. The van der Waals surface area contributed by atoms with Crippen molar-refractivity contribution in [3.63, 3.8) is 0 Å². The highest BCUT2D eigenvalue weighted by Gasteiger charge is 2.19. The van der Waals surface area contributed by atoms with Crippen molar-refractivity contribution in [1.29, 1.82) is 0 Å². The van der Waals surface area contributed by atoms with E-state index in [1.165, 1.54) is 0 Å². The van der Waals surface area contributed by atoms with Crippen molar-refractivity contribution in [2.75, 3.05) is 57.1 Å². The van der Waals surface area contributed by atoms with Gasteiger partial charge in [-0.25, -0.2) is 9.78 Å². The highest BCUT2D eigenvalue weighted by Crippen LogP contribution is 2.20. The van der Waals surface area contributed by atoms with E-state index in [1.807, 2.05) is 25.1 Å². The molecule has 10 heteroatoms. The monoisotopic (exact) mass is 427 g/mol. The molecule has 2 aromatic heterocycles. The summed E-state index contributed by atoms with van der Waals surface area (Å²) < 4.78 is 5.29. The molecule has 31 heavy (non-hydrogen) atoms. The van der Waals surface area contributed by atoms with Crippen molar-refractivity contribution in [3.8, 4) is 5.88 Å². The van der Waals surface area contributed by atoms with E-state index in [4.69, 9.17) is 4.74 Å². The number of amides is 3. The van der Waals surface area contributed by atoms with Gasteiger partial charge in [0, 0.05) is 52.4 Å². The summed E-state index contributed by atoms with van der Waals surface area (Å²) in [6.45, 7) is 6.58. The number of hydrogen-bond donors (Lipinski definition) is 3. The quantitative estimate of drug-likeness (QED) is 0.611. The zero-order chi connectivity index (χ0) is 22.2. The van der Waals surface area contributed by atoms with E-state index >= 15 is 0 Å². The smallest absolute Gasteiger partial charge is 0.320 e. The highest BCUT2D eigenvalue weighted by molar-refractivity contribution is 5.92. The van der Waals surface area contributed by atoms with Gasteiger partial charge in [0.25, 0.3) is 5.91 Å². The van der Waals surface area contributed by atoms with Crippen molar-refractivity contribution in [2.45, 2.75) is 13.5 Å². The Morgan fingerprint density at radius 2 is 1.94 bits per heavy atom. The number of carbonyl (C=O) groups excluding carboxylic acids is 2. The molecule has 0 unspecified atom stereocenters. The van der Waals surface area contributed by atoms with Gasteiger partial charge in [-0.2, -0.15) is 4.98 Å². The maximum Gasteiger partial charge on any atom is 0.320 e. The first-order valence-electron chi connectivity index (χ1n) is 10.3. The number of nitrogens with one attached hydrogen (secondary N) is 3. The zero-order valence-corrected chi connectivity index (χ0v) is 18.1. The largest absolute Gasteiger partial charge is 0.481 e. The van der Waals surface area contributed by atoms with Crippen LogP contribution in [0, 0.1) is 0 Å². The van der Waals surface area contributed by atoms with Gasteiger partial charge in [-0.15, -0.1) is 0 Å². The summed E-state index contributed by atoms with van der Waals surface area (Å²) in [5.41, 5.74) is 2.43. The number of rotatable bonds is 7. The highest BCUT2D eigenvalue weighted by atomic mass is 16.5. The maximum atomic E-state index is 11.8. The molecule has 2 aromatic rings. The molecule has 1 aliphatic rings. The van der Waals surface area contributed by atoms with Gasteiger partial charge < -0.3 is 20.3 Å². The molecule has 3 heterocycles. The van der Waals surface area contributed by atoms with E-state index in [2.05, 4.69) is 35.7 Å². The number of carbonyl (C=O) groups is 2. The fourth-order valence-electron chi connectivity index (χ4n) is 3.40. The lowest BCUT2D eigenvalue weighted by Gasteiger charge is -2.36. The molecule has 1 fully saturated rings. The zero-order valence-electron chi connectivity index (χ0n) is 18.1. The molecule has 1 saturated heterocycles. The van der Waals surface area contributed by atoms with Crippen molar-refractivity contribution in [2.24, 2.45) is 0 Å². The number of pyridine rings is 2. The molecule has 166 valence electrons. The predicted octanol–water partition coefficient (Wildman–Crippen LogP) is 1.31. The summed E-state index contributed by atoms with van der Waals surface area (Å²) in [6, 6.07) is 7.13. The van der Waals surface area contributed by atoms with E-state index in [9.17, 15) is 9.59 Å². The van der Waals surface area contributed by atoms with E-state index in [0.29, 0.717) is 23.9 Å². The number of methoxy groups -OCH3 is 1. The summed E-state index contributed by atoms with van der Waals surface area (Å²) in [4.78, 5) is 36.6. The van der Waals surface area contributed by atoms with Crippen LogP contribution in [0.15, 0.2) is 30.5 Å². The Morgan fingerprint density at radius 3 is 2.55 bits per heavy atom. The Kier molecular flexibility index (Phi) is 7.60. The topological polar surface area (TPSA) is 112 Å². The standard InChI is InChI=1S/C21H29N7O3/c1-4-23-21(30)26-18-11-15(12-19(25-18)31-3)14-27-7-9-28(10-8-27)16-5-6-17(24-13-16)20(29)22-2/h5-6,11-13H,4,7-10,14H2,1-3H3,(H,22,29)(H2,23,25,26,30). The lowest BCUT2D eigenvalue weighted by molar-refractivity contribution is 0.0958. The third-order valence-corrected chi connectivity index (χ3v) is 5.00. The van der Waals surface area contributed by atoms with Gasteiger partial charge in [0.15, 0.2) is 0 Å². The van der Waals surface area contributed by atoms with Crippen LogP contribution in [0.3, 0.4) is 0 Å². The Hall–Kier alpha value is -3.40. The van der Waals surface area contributed by atoms with Crippen LogP contribution in [-0.2, 0) is 6.54 Å². The van der Waals surface area contributed by atoms with Gasteiger partial charge >= 0.3 is 6.03 Å². The molecule has 1 aliphatic heterocycles. The lowest BCUT2D eigenvalue weighted by Crippen LogP contribution is -2.46. The third-order valence-electron chi connectivity index (χ3n) is 5.00. The molecule has 3 N–H and O–H groups in total. The van der Waals surface area contributed by atoms with Crippen LogP contribution in [0.5, 0.6) is 5.88 Å². The van der Waals surface area contributed by atoms with Crippen molar-refractivity contribution in [3.05, 3.63) is 41.7 Å². The molecule has 0 atom stereocenters. The summed E-state index contributed by atoms with van der Waals surface area (Å²) in [5.74, 6) is 0.733. The van der Waals surface area contributed by atoms with E-state index < -0.39 is 0 Å². The van der Waals surface area contributed by atoms with Crippen LogP contribution in [0.1, 0.15) is 23.0 Å². The molecular formula is C21H29N7O3. The van der Waals surface area contributed by atoms with Gasteiger partial charge in [-0.1, -0.05) is 0 Å². The molecule has 0 radical (unpaired) electrons. The van der Waals surface area contributed by atoms with Crippen LogP contribution in [0.4, 0.5) is 16.3 Å². The number of ether oxygens (including phenoxy) is 1. The number of hydrogen-bond acceptors (Lipinski definition) is 7. The number of urea groups is 1. The van der Waals surface area contributed by atoms with E-state index in [1.54, 1.807) is 26.4 Å². The van der Waals surface area contributed by atoms with Crippen LogP contribution in [-0.4, -0.2) is 73.7 Å². The fourth-order valence-corrected chi connectivity index (χ4v) is 3.40. The van der Waals surface area contributed by atoms with Crippen molar-refractivity contribution < 1.29 is 14.3 Å². The molecule has 10 nitrogen and oxygen atoms in total. The molecule has 0 bridgehead atoms. The second-order valence-corrected chi connectivity index (χ2v) is 7.13. The van der Waals surface area contributed by atoms with Crippen molar-refractivity contribution in [1.82, 2.24) is 25.5 Å². The van der Waals surface area contributed by atoms with E-state index in [-0.39, 0.29) is 11.9 Å². The third kappa shape index (κ3) is 6.05. The van der Waals surface area contributed by atoms with Gasteiger partial charge in [0.1, 0.15) is 11.5 Å². The first-order chi connectivity index (χ1) is 15.0. The molecule has 0 spiro atoms. The van der Waals surface area contributed by atoms with Gasteiger partial charge in [0.2, 0.25) is 5.88 Å². The molecule has 0 saturated carbocycles. The minimum absolute atomic E-state index is 0.190. The van der Waals surface area contributed by atoms with E-state index in [0.717, 1.165) is 44.0 Å². The average molecular weight is 428 g/mol. The van der Waals surface area contributed by atoms with Gasteiger partial charge in [0.05, 0.1) is 19.0 Å². The van der Waals surface area contributed by atoms with Gasteiger partial charge in [-0.3, -0.25) is 15.0 Å². The Bertz CT molecular complexity index is 896. The predicted molar refractivity (Wildman–Crippen MR) is 119 cm³/mol. The first kappa shape index (κ1) is 22.3. The SMILES string of the molecule is CCNC(=O)Nc1cc(CN2CCN(c3ccc(C(=O)NC)nc3)CC2)cc(OC)n1. The Morgan fingerprint density at radius 1 is 1.16 bits per heavy atom. The number of nitrogens with zero attached hydrogens (tertiary/aromatic N) is 4. The van der Waals surface area contributed by atoms with Gasteiger partial charge in [-0.05, 0) is 30.7 Å². The normalized spacial score (nSPS) is 14.1. The minimum Gasteiger partial charge on any atom is -0.481 e. The first-order valence-corrected chi connectivity index (χ1v) is 10.3. The fraction of sp³-hybridized carbons (Fsp3) is 0.429. The van der Waals surface area contributed by atoms with Crippen LogP contribution in [0.2, 0.25) is 0 Å². The molecular weight excluding hydrogens is 398 g/mol. The molecule has 3 amide bonds. The summed E-state index contributed by atoms with van der Waals surface area (Å²) in [5, 5.41) is 8.00. The Balaban J connectivity index is 1.59. The molecule has 3 rings (SSSR count). The van der Waals surface area contributed by atoms with Crippen LogP contribution < -0.4 is 25.6 Å². The van der Waals surface area contributed by atoms with Crippen molar-refractivity contribution >= 4 is 23.4 Å². The maximum absolute atomic E-state index is 11.8. The Labute approximate surface area is 182 Å². The van der Waals surface area contributed by atoms with Crippen LogP contribution >= 0.6 is 0 Å². The summed E-state index contributed by atoms with van der Waals surface area (Å²) in [6.07, 6.45) is 1.74. The second-order valence-electron chi connectivity index (χ2n) is 7.13.